The molecule has 4 aromatic rings. The van der Waals surface area contributed by atoms with Crippen LogP contribution < -0.4 is 43.1 Å². The van der Waals surface area contributed by atoms with Gasteiger partial charge in [0.05, 0.1) is 39.4 Å². The fraction of sp³-hybridized carbons (Fsp3) is 0.500. The number of aryl methyl sites for hydroxylation is 2. The maximum Gasteiger partial charge on any atom is 0.312 e. The first kappa shape index (κ1) is 54.5. The number of nitrogens with zero attached hydrogens (tertiary/aromatic N) is 4. The Kier molecular flexibility index (Phi) is 22.0. The predicted molar refractivity (Wildman–Crippen MR) is 268 cm³/mol. The van der Waals surface area contributed by atoms with Crippen molar-refractivity contribution >= 4 is 58.0 Å². The molecular weight excluding hydrogens is 897 g/mol. The third-order valence-corrected chi connectivity index (χ3v) is 12.0. The third-order valence-electron chi connectivity index (χ3n) is 12.0. The summed E-state index contributed by atoms with van der Waals surface area (Å²) in [4.78, 5) is 83.7. The minimum Gasteiger partial charge on any atom is -0.379 e. The number of primary amides is 1. The van der Waals surface area contributed by atoms with Gasteiger partial charge in [0.1, 0.15) is 17.7 Å². The van der Waals surface area contributed by atoms with Gasteiger partial charge in [-0.3, -0.25) is 29.4 Å². The van der Waals surface area contributed by atoms with Gasteiger partial charge in [0.25, 0.3) is 5.91 Å². The zero-order chi connectivity index (χ0) is 50.4. The van der Waals surface area contributed by atoms with Crippen molar-refractivity contribution in [2.75, 3.05) is 77.3 Å². The molecule has 9 N–H and O–H groups in total. The molecule has 1 aliphatic rings. The number of anilines is 2. The van der Waals surface area contributed by atoms with E-state index in [9.17, 15) is 28.8 Å². The highest BCUT2D eigenvalue weighted by Crippen LogP contribution is 2.21. The summed E-state index contributed by atoms with van der Waals surface area (Å²) < 4.78 is 13.5. The molecule has 0 unspecified atom stereocenters. The van der Waals surface area contributed by atoms with Crippen LogP contribution in [0.1, 0.15) is 74.0 Å². The number of nitrogens with two attached hydrogens (primary N) is 1. The van der Waals surface area contributed by atoms with Crippen molar-refractivity contribution < 1.29 is 38.2 Å². The lowest BCUT2D eigenvalue weighted by Gasteiger charge is -2.32. The largest absolute Gasteiger partial charge is 0.379 e. The van der Waals surface area contributed by atoms with Crippen molar-refractivity contribution in [3.05, 3.63) is 89.7 Å². The number of amides is 7. The molecule has 3 heterocycles. The number of aromatic nitrogens is 2. The standard InChI is InChI=1S/C50H72N12O8/c1-34(2)45(49(67)58-42(9-7-23-55-50(51)68)48(66)57-40-14-10-35(3)11-15-40)59-47(65)36-12-16-39(17-13-36)56-43(63)21-28-69-30-31-70-29-24-53-38-18-25-61(26-19-38)44(64)20-27-62-41(33-60(5)52-4)32-37-8-6-22-54-46(37)62/h6,8,10-17,22,32,34,38,42,45,52-53H,7,9,18-21,23-31,33H2,1-5H3,(H,56,63)(H,57,66)(H,58,67)(H,59,65)(H3,51,55,68)/t42-,45-/m0/s1. The van der Waals surface area contributed by atoms with Crippen LogP contribution in [0.3, 0.4) is 0 Å². The highest BCUT2D eigenvalue weighted by Gasteiger charge is 2.29. The molecule has 0 radical (unpaired) electrons. The second kappa shape index (κ2) is 28.3. The lowest BCUT2D eigenvalue weighted by atomic mass is 10.0. The average Bonchev–Trinajstić information content (AvgIpc) is 3.69. The van der Waals surface area contributed by atoms with E-state index in [-0.39, 0.29) is 49.3 Å². The summed E-state index contributed by atoms with van der Waals surface area (Å²) in [5.74, 6) is -1.92. The monoisotopic (exact) mass is 969 g/mol. The number of carbonyl (C=O) groups excluding carboxylic acids is 6. The molecule has 1 fully saturated rings. The van der Waals surface area contributed by atoms with Crippen LogP contribution >= 0.6 is 0 Å². The van der Waals surface area contributed by atoms with Gasteiger partial charge >= 0.3 is 6.03 Å². The quantitative estimate of drug-likeness (QED) is 0.0302. The number of benzene rings is 2. The van der Waals surface area contributed by atoms with Crippen molar-refractivity contribution in [2.24, 2.45) is 11.7 Å². The van der Waals surface area contributed by atoms with Gasteiger partial charge in [-0.15, -0.1) is 0 Å². The fourth-order valence-electron chi connectivity index (χ4n) is 7.97. The Hall–Kier alpha value is -6.45. The number of pyridine rings is 1. The van der Waals surface area contributed by atoms with Crippen LogP contribution in [0.25, 0.3) is 11.0 Å². The second-order valence-electron chi connectivity index (χ2n) is 17.8. The minimum absolute atomic E-state index is 0.123. The molecule has 1 aliphatic heterocycles. The predicted octanol–water partition coefficient (Wildman–Crippen LogP) is 3.27. The van der Waals surface area contributed by atoms with Crippen molar-refractivity contribution in [3.63, 3.8) is 0 Å². The van der Waals surface area contributed by atoms with E-state index in [1.54, 1.807) is 56.4 Å². The molecule has 20 nitrogen and oxygen atoms in total. The molecule has 5 rings (SSSR count). The maximum absolute atomic E-state index is 13.6. The van der Waals surface area contributed by atoms with Crippen LogP contribution in [0.15, 0.2) is 72.9 Å². The SMILES string of the molecule is CNN(C)Cc1cc2cccnc2n1CCC(=O)N1CCC(NCCOCCOCCC(=O)Nc2ccc(C(=O)N[C@H](C(=O)N[C@@H](CCCNC(N)=O)C(=O)Nc3ccc(C)cc3)C(C)C)cc2)CC1. The van der Waals surface area contributed by atoms with Crippen molar-refractivity contribution in [1.29, 1.82) is 0 Å². The van der Waals surface area contributed by atoms with E-state index >= 15 is 0 Å². The summed E-state index contributed by atoms with van der Waals surface area (Å²) in [5.41, 5.74) is 12.7. The Morgan fingerprint density at radius 1 is 0.843 bits per heavy atom. The van der Waals surface area contributed by atoms with E-state index in [0.717, 1.165) is 35.1 Å². The number of rotatable bonds is 28. The van der Waals surface area contributed by atoms with Gasteiger partial charge < -0.3 is 56.6 Å². The molecule has 2 aromatic heterocycles. The first-order valence-electron chi connectivity index (χ1n) is 24.1. The van der Waals surface area contributed by atoms with Gasteiger partial charge in [-0.1, -0.05) is 31.5 Å². The molecule has 20 heteroatoms. The number of hydrazine groups is 1. The Balaban J connectivity index is 0.932. The topological polar surface area (TPSA) is 255 Å². The smallest absolute Gasteiger partial charge is 0.312 e. The van der Waals surface area contributed by atoms with E-state index in [4.69, 9.17) is 15.2 Å². The molecule has 2 atom stereocenters. The highest BCUT2D eigenvalue weighted by atomic mass is 16.5. The number of hydrogen-bond acceptors (Lipinski definition) is 12. The lowest BCUT2D eigenvalue weighted by molar-refractivity contribution is -0.132. The van der Waals surface area contributed by atoms with Gasteiger partial charge in [0, 0.05) is 86.4 Å². The summed E-state index contributed by atoms with van der Waals surface area (Å²) in [7, 11) is 3.87. The Morgan fingerprint density at radius 3 is 2.21 bits per heavy atom. The number of hydrogen-bond donors (Lipinski definition) is 8. The Bertz CT molecular complexity index is 2320. The zero-order valence-electron chi connectivity index (χ0n) is 41.2. The average molecular weight is 969 g/mol. The second-order valence-corrected chi connectivity index (χ2v) is 17.8. The molecule has 1 saturated heterocycles. The molecule has 380 valence electrons. The van der Waals surface area contributed by atoms with E-state index < -0.39 is 35.8 Å². The van der Waals surface area contributed by atoms with Crippen LogP contribution in [0.2, 0.25) is 0 Å². The summed E-state index contributed by atoms with van der Waals surface area (Å²) >= 11 is 0. The van der Waals surface area contributed by atoms with E-state index in [1.165, 1.54) is 0 Å². The maximum atomic E-state index is 13.6. The summed E-state index contributed by atoms with van der Waals surface area (Å²) in [6.45, 7) is 10.5. The van der Waals surface area contributed by atoms with E-state index in [0.29, 0.717) is 82.8 Å². The third kappa shape index (κ3) is 17.8. The molecule has 7 amide bonds. The lowest BCUT2D eigenvalue weighted by Crippen LogP contribution is -2.54. The molecule has 0 spiro atoms. The van der Waals surface area contributed by atoms with E-state index in [1.807, 2.05) is 55.2 Å². The van der Waals surface area contributed by atoms with Crippen molar-refractivity contribution in [2.45, 2.75) is 90.5 Å². The molecule has 0 saturated carbocycles. The highest BCUT2D eigenvalue weighted by molar-refractivity contribution is 6.01. The number of ether oxygens (including phenoxy) is 2. The zero-order valence-corrected chi connectivity index (χ0v) is 41.2. The number of piperidine rings is 1. The van der Waals surface area contributed by atoms with Gasteiger partial charge in [-0.25, -0.2) is 14.8 Å². The first-order valence-corrected chi connectivity index (χ1v) is 24.1. The van der Waals surface area contributed by atoms with E-state index in [2.05, 4.69) is 52.9 Å². The van der Waals surface area contributed by atoms with Crippen LogP contribution in [-0.4, -0.2) is 140 Å². The number of carbonyl (C=O) groups is 6. The van der Waals surface area contributed by atoms with Gasteiger partial charge in [0.15, 0.2) is 0 Å². The van der Waals surface area contributed by atoms with Gasteiger partial charge in [0.2, 0.25) is 23.6 Å². The van der Waals surface area contributed by atoms with Crippen molar-refractivity contribution in [1.82, 2.24) is 46.2 Å². The molecule has 0 bridgehead atoms. The van der Waals surface area contributed by atoms with Crippen LogP contribution in [-0.2, 0) is 41.7 Å². The Morgan fingerprint density at radius 2 is 1.53 bits per heavy atom. The number of fused-ring (bicyclic) bond motifs is 1. The minimum atomic E-state index is -0.973. The summed E-state index contributed by atoms with van der Waals surface area (Å²) in [6, 6.07) is 17.3. The van der Waals surface area contributed by atoms with Crippen LogP contribution in [0.5, 0.6) is 0 Å². The van der Waals surface area contributed by atoms with Gasteiger partial charge in [-0.2, -0.15) is 0 Å². The van der Waals surface area contributed by atoms with Gasteiger partial charge in [-0.05, 0) is 100 Å². The summed E-state index contributed by atoms with van der Waals surface area (Å²) in [5, 5.41) is 20.3. The number of likely N-dealkylation sites (tertiary alicyclic amines) is 1. The fourth-order valence-corrected chi connectivity index (χ4v) is 7.97. The molecule has 2 aromatic carbocycles. The molecular formula is C50H72N12O8. The van der Waals surface area contributed by atoms with Crippen LogP contribution in [0, 0.1) is 12.8 Å². The number of nitrogens with one attached hydrogen (secondary N) is 7. The normalized spacial score (nSPS) is 13.8. The number of urea groups is 1. The Labute approximate surface area is 410 Å². The molecule has 70 heavy (non-hydrogen) atoms. The summed E-state index contributed by atoms with van der Waals surface area (Å²) in [6.07, 6.45) is 4.65. The molecule has 0 aliphatic carbocycles. The first-order chi connectivity index (χ1) is 33.7. The van der Waals surface area contributed by atoms with Crippen molar-refractivity contribution in [3.8, 4) is 0 Å². The van der Waals surface area contributed by atoms with Crippen LogP contribution in [0.4, 0.5) is 16.2 Å².